The van der Waals surface area contributed by atoms with Gasteiger partial charge in [-0.3, -0.25) is 0 Å². The summed E-state index contributed by atoms with van der Waals surface area (Å²) >= 11 is 6.83. The van der Waals surface area contributed by atoms with E-state index in [4.69, 9.17) is 11.6 Å². The van der Waals surface area contributed by atoms with E-state index in [-0.39, 0.29) is 0 Å². The van der Waals surface area contributed by atoms with Crippen molar-refractivity contribution in [1.29, 1.82) is 0 Å². The van der Waals surface area contributed by atoms with Crippen LogP contribution in [0.15, 0.2) is 152 Å². The number of hydrogen-bond acceptors (Lipinski definition) is 0. The molecule has 0 N–H and O–H groups in total. The third-order valence-electron chi connectivity index (χ3n) is 7.46. The fraction of sp³-hybridized carbons (Fsp3) is 0. The Morgan fingerprint density at radius 1 is 0.308 bits per heavy atom. The van der Waals surface area contributed by atoms with Crippen LogP contribution in [0.4, 0.5) is 0 Å². The maximum Gasteiger partial charge on any atom is 0.0418 e. The van der Waals surface area contributed by atoms with Crippen LogP contribution in [0.3, 0.4) is 0 Å². The molecule has 0 fully saturated rings. The summed E-state index contributed by atoms with van der Waals surface area (Å²) in [6, 6.07) is 53.9. The van der Waals surface area contributed by atoms with Crippen LogP contribution in [0.5, 0.6) is 0 Å². The van der Waals surface area contributed by atoms with Gasteiger partial charge in [0.25, 0.3) is 0 Å². The van der Waals surface area contributed by atoms with Crippen LogP contribution in [0.1, 0.15) is 0 Å². The first-order valence-corrected chi connectivity index (χ1v) is 13.6. The fourth-order valence-electron chi connectivity index (χ4n) is 5.59. The molecule has 0 aliphatic rings. The van der Waals surface area contributed by atoms with Crippen molar-refractivity contribution in [2.75, 3.05) is 0 Å². The molecule has 0 unspecified atom stereocenters. The zero-order valence-electron chi connectivity index (χ0n) is 21.3. The quantitative estimate of drug-likeness (QED) is 0.204. The average Bonchev–Trinajstić information content (AvgIpc) is 3.01. The van der Waals surface area contributed by atoms with Crippen molar-refractivity contribution in [1.82, 2.24) is 0 Å². The van der Waals surface area contributed by atoms with Gasteiger partial charge >= 0.3 is 0 Å². The molecular formula is C38H25Cl. The highest BCUT2D eigenvalue weighted by molar-refractivity contribution is 6.31. The summed E-state index contributed by atoms with van der Waals surface area (Å²) in [7, 11) is 0. The van der Waals surface area contributed by atoms with Crippen LogP contribution >= 0.6 is 11.6 Å². The Hall–Kier alpha value is -4.65. The Kier molecular flexibility index (Phi) is 5.96. The Balaban J connectivity index is 1.45. The van der Waals surface area contributed by atoms with Crippen molar-refractivity contribution >= 4 is 33.1 Å². The van der Waals surface area contributed by atoms with E-state index in [1.54, 1.807) is 0 Å². The van der Waals surface area contributed by atoms with E-state index in [0.717, 1.165) is 21.7 Å². The lowest BCUT2D eigenvalue weighted by Gasteiger charge is -2.15. The van der Waals surface area contributed by atoms with Crippen molar-refractivity contribution in [2.45, 2.75) is 0 Å². The summed E-state index contributed by atoms with van der Waals surface area (Å²) in [4.78, 5) is 0. The first-order chi connectivity index (χ1) is 19.2. The number of halogens is 1. The minimum absolute atomic E-state index is 0.728. The Labute approximate surface area is 233 Å². The summed E-state index contributed by atoms with van der Waals surface area (Å²) < 4.78 is 0. The van der Waals surface area contributed by atoms with Gasteiger partial charge in [-0.1, -0.05) is 121 Å². The number of fused-ring (bicyclic) bond motifs is 3. The average molecular weight is 517 g/mol. The molecule has 0 saturated carbocycles. The maximum atomic E-state index is 6.83. The highest BCUT2D eigenvalue weighted by atomic mass is 35.5. The van der Waals surface area contributed by atoms with Crippen LogP contribution in [0.2, 0.25) is 5.02 Å². The highest BCUT2D eigenvalue weighted by Crippen LogP contribution is 2.39. The predicted molar refractivity (Wildman–Crippen MR) is 168 cm³/mol. The summed E-state index contributed by atoms with van der Waals surface area (Å²) in [5.74, 6) is 0. The third-order valence-corrected chi connectivity index (χ3v) is 7.68. The van der Waals surface area contributed by atoms with E-state index in [1.807, 2.05) is 0 Å². The molecule has 0 amide bonds. The zero-order chi connectivity index (χ0) is 26.2. The molecule has 0 nitrogen and oxygen atoms in total. The topological polar surface area (TPSA) is 0 Å². The van der Waals surface area contributed by atoms with Gasteiger partial charge in [0.05, 0.1) is 0 Å². The van der Waals surface area contributed by atoms with E-state index in [2.05, 4.69) is 152 Å². The normalized spacial score (nSPS) is 11.2. The SMILES string of the molecule is Clc1cc(-c2cc(-c3ccccc3)cc(-c3ccccc3)c2)cc(-c2cc3ccccc3c3ccccc23)c1. The van der Waals surface area contributed by atoms with E-state index in [1.165, 1.54) is 49.4 Å². The molecule has 7 rings (SSSR count). The van der Waals surface area contributed by atoms with Crippen molar-refractivity contribution in [3.63, 3.8) is 0 Å². The Morgan fingerprint density at radius 3 is 1.38 bits per heavy atom. The first kappa shape index (κ1) is 23.5. The highest BCUT2D eigenvalue weighted by Gasteiger charge is 2.13. The van der Waals surface area contributed by atoms with Crippen LogP contribution in [0.25, 0.3) is 66.1 Å². The predicted octanol–water partition coefficient (Wildman–Crippen LogP) is 11.3. The summed E-state index contributed by atoms with van der Waals surface area (Å²) in [5.41, 5.74) is 9.31. The van der Waals surface area contributed by atoms with Gasteiger partial charge in [0, 0.05) is 5.02 Å². The lowest BCUT2D eigenvalue weighted by atomic mass is 9.90. The number of rotatable bonds is 4. The lowest BCUT2D eigenvalue weighted by Crippen LogP contribution is -1.89. The van der Waals surface area contributed by atoms with Gasteiger partial charge in [0.2, 0.25) is 0 Å². The van der Waals surface area contributed by atoms with Gasteiger partial charge in [-0.15, -0.1) is 0 Å². The maximum absolute atomic E-state index is 6.83. The van der Waals surface area contributed by atoms with E-state index >= 15 is 0 Å². The first-order valence-electron chi connectivity index (χ1n) is 13.2. The molecule has 184 valence electrons. The van der Waals surface area contributed by atoms with Crippen LogP contribution < -0.4 is 0 Å². The smallest absolute Gasteiger partial charge is 0.0418 e. The minimum Gasteiger partial charge on any atom is -0.0843 e. The van der Waals surface area contributed by atoms with Crippen LogP contribution in [-0.4, -0.2) is 0 Å². The van der Waals surface area contributed by atoms with Crippen LogP contribution in [-0.2, 0) is 0 Å². The van der Waals surface area contributed by atoms with Crippen molar-refractivity contribution in [2.24, 2.45) is 0 Å². The van der Waals surface area contributed by atoms with E-state index < -0.39 is 0 Å². The van der Waals surface area contributed by atoms with Crippen molar-refractivity contribution < 1.29 is 0 Å². The molecule has 0 radical (unpaired) electrons. The molecule has 0 bridgehead atoms. The zero-order valence-corrected chi connectivity index (χ0v) is 22.1. The second-order valence-electron chi connectivity index (χ2n) is 9.95. The van der Waals surface area contributed by atoms with Gasteiger partial charge in [0.1, 0.15) is 0 Å². The van der Waals surface area contributed by atoms with Gasteiger partial charge in [-0.2, -0.15) is 0 Å². The minimum atomic E-state index is 0.728. The molecule has 1 heteroatoms. The molecule has 0 aliphatic heterocycles. The van der Waals surface area contributed by atoms with E-state index in [9.17, 15) is 0 Å². The second-order valence-corrected chi connectivity index (χ2v) is 10.4. The largest absolute Gasteiger partial charge is 0.0843 e. The van der Waals surface area contributed by atoms with Gasteiger partial charge in [0.15, 0.2) is 0 Å². The second kappa shape index (κ2) is 9.91. The molecule has 0 aromatic heterocycles. The molecule has 0 heterocycles. The Morgan fingerprint density at radius 2 is 0.744 bits per heavy atom. The molecule has 0 atom stereocenters. The van der Waals surface area contributed by atoms with E-state index in [0.29, 0.717) is 0 Å². The van der Waals surface area contributed by atoms with Crippen LogP contribution in [0, 0.1) is 0 Å². The van der Waals surface area contributed by atoms with Gasteiger partial charge in [-0.05, 0) is 109 Å². The summed E-state index contributed by atoms with van der Waals surface area (Å²) in [6.45, 7) is 0. The Bertz CT molecular complexity index is 1900. The molecule has 0 spiro atoms. The third kappa shape index (κ3) is 4.50. The molecule has 39 heavy (non-hydrogen) atoms. The van der Waals surface area contributed by atoms with Gasteiger partial charge < -0.3 is 0 Å². The standard InChI is InChI=1S/C38H25Cl/c39-34-23-32(22-33(24-34)38-25-28-15-7-8-16-35(28)36-17-9-10-18-37(36)38)31-20-29(26-11-3-1-4-12-26)19-30(21-31)27-13-5-2-6-14-27/h1-25H. The van der Waals surface area contributed by atoms with Crippen molar-refractivity contribution in [3.8, 4) is 44.5 Å². The fourth-order valence-corrected chi connectivity index (χ4v) is 5.83. The summed E-state index contributed by atoms with van der Waals surface area (Å²) in [5, 5.41) is 5.70. The summed E-state index contributed by atoms with van der Waals surface area (Å²) in [6.07, 6.45) is 0. The number of benzene rings is 7. The monoisotopic (exact) mass is 516 g/mol. The number of hydrogen-bond donors (Lipinski definition) is 0. The van der Waals surface area contributed by atoms with Gasteiger partial charge in [-0.25, -0.2) is 0 Å². The lowest BCUT2D eigenvalue weighted by molar-refractivity contribution is 1.56. The molecule has 0 aliphatic carbocycles. The molecule has 7 aromatic carbocycles. The molecular weight excluding hydrogens is 492 g/mol. The molecule has 7 aromatic rings. The molecule has 0 saturated heterocycles. The van der Waals surface area contributed by atoms with Crippen molar-refractivity contribution in [3.05, 3.63) is 157 Å².